The highest BCUT2D eigenvalue weighted by atomic mass is 16.2. The second-order valence-corrected chi connectivity index (χ2v) is 4.54. The third kappa shape index (κ3) is 5.09. The number of primary amides is 1. The molecule has 1 unspecified atom stereocenters. The minimum absolute atomic E-state index is 0.106. The summed E-state index contributed by atoms with van der Waals surface area (Å²) >= 11 is 0. The zero-order chi connectivity index (χ0) is 14.3. The summed E-state index contributed by atoms with van der Waals surface area (Å²) in [5.74, 6) is -0.766. The second kappa shape index (κ2) is 7.53. The molecule has 5 nitrogen and oxygen atoms in total. The van der Waals surface area contributed by atoms with Gasteiger partial charge in [-0.1, -0.05) is 43.7 Å². The van der Waals surface area contributed by atoms with Crippen LogP contribution in [-0.4, -0.2) is 29.3 Å². The van der Waals surface area contributed by atoms with Crippen LogP contribution in [0.3, 0.4) is 0 Å². The topological polar surface area (TPSA) is 89.4 Å². The van der Waals surface area contributed by atoms with Gasteiger partial charge in [0, 0.05) is 6.54 Å². The average Bonchev–Trinajstić information content (AvgIpc) is 2.38. The van der Waals surface area contributed by atoms with Crippen LogP contribution in [0.25, 0.3) is 0 Å². The molecule has 0 fully saturated rings. The van der Waals surface area contributed by atoms with Crippen molar-refractivity contribution in [3.63, 3.8) is 0 Å². The Kier molecular flexibility index (Phi) is 6.02. The van der Waals surface area contributed by atoms with Gasteiger partial charge in [-0.05, 0) is 12.0 Å². The van der Waals surface area contributed by atoms with Crippen molar-refractivity contribution >= 4 is 11.8 Å². The van der Waals surface area contributed by atoms with Crippen LogP contribution in [-0.2, 0) is 16.1 Å². The Labute approximate surface area is 113 Å². The van der Waals surface area contributed by atoms with Crippen molar-refractivity contribution in [1.29, 1.82) is 0 Å². The van der Waals surface area contributed by atoms with Gasteiger partial charge in [-0.25, -0.2) is 0 Å². The van der Waals surface area contributed by atoms with Crippen LogP contribution in [0.15, 0.2) is 30.3 Å². The molecule has 19 heavy (non-hydrogen) atoms. The molecule has 0 bridgehead atoms. The van der Waals surface area contributed by atoms with E-state index in [9.17, 15) is 9.59 Å². The Morgan fingerprint density at radius 2 is 1.89 bits per heavy atom. The van der Waals surface area contributed by atoms with Crippen molar-refractivity contribution in [2.75, 3.05) is 6.54 Å². The predicted octanol–water partition coefficient (Wildman–Crippen LogP) is 0.628. The Bertz CT molecular complexity index is 420. The molecule has 104 valence electrons. The summed E-state index contributed by atoms with van der Waals surface area (Å²) in [6, 6.07) is 8.88. The molecule has 0 aliphatic rings. The largest absolute Gasteiger partial charge is 0.368 e. The highest BCUT2D eigenvalue weighted by Crippen LogP contribution is 2.07. The molecule has 0 aliphatic carbocycles. The van der Waals surface area contributed by atoms with Crippen LogP contribution in [0.2, 0.25) is 0 Å². The van der Waals surface area contributed by atoms with E-state index in [1.807, 2.05) is 37.3 Å². The summed E-state index contributed by atoms with van der Waals surface area (Å²) in [5, 5.41) is 0. The van der Waals surface area contributed by atoms with E-state index in [0.29, 0.717) is 13.0 Å². The van der Waals surface area contributed by atoms with Crippen LogP contribution in [0.1, 0.15) is 25.3 Å². The SMILES string of the molecule is CCCC(N)C(=O)N(CC(N)=O)Cc1ccccc1. The Balaban J connectivity index is 2.77. The van der Waals surface area contributed by atoms with Gasteiger partial charge in [0.2, 0.25) is 11.8 Å². The van der Waals surface area contributed by atoms with E-state index >= 15 is 0 Å². The molecule has 1 aromatic carbocycles. The third-order valence-corrected chi connectivity index (χ3v) is 2.79. The molecule has 5 heteroatoms. The number of amides is 2. The summed E-state index contributed by atoms with van der Waals surface area (Å²) in [7, 11) is 0. The number of carbonyl (C=O) groups excluding carboxylic acids is 2. The molecule has 1 aromatic rings. The van der Waals surface area contributed by atoms with E-state index < -0.39 is 11.9 Å². The first-order valence-electron chi connectivity index (χ1n) is 6.41. The second-order valence-electron chi connectivity index (χ2n) is 4.54. The summed E-state index contributed by atoms with van der Waals surface area (Å²) < 4.78 is 0. The lowest BCUT2D eigenvalue weighted by Crippen LogP contribution is -2.46. The minimum atomic E-state index is -0.576. The number of rotatable bonds is 7. The monoisotopic (exact) mass is 263 g/mol. The average molecular weight is 263 g/mol. The van der Waals surface area contributed by atoms with Crippen LogP contribution in [0, 0.1) is 0 Å². The van der Waals surface area contributed by atoms with Gasteiger partial charge < -0.3 is 16.4 Å². The van der Waals surface area contributed by atoms with Gasteiger partial charge in [-0.3, -0.25) is 9.59 Å². The van der Waals surface area contributed by atoms with Crippen molar-refractivity contribution in [2.45, 2.75) is 32.4 Å². The van der Waals surface area contributed by atoms with E-state index in [0.717, 1.165) is 12.0 Å². The smallest absolute Gasteiger partial charge is 0.240 e. The molecule has 0 heterocycles. The van der Waals surface area contributed by atoms with Crippen molar-refractivity contribution in [1.82, 2.24) is 4.90 Å². The van der Waals surface area contributed by atoms with Crippen molar-refractivity contribution < 1.29 is 9.59 Å². The van der Waals surface area contributed by atoms with Gasteiger partial charge in [0.05, 0.1) is 12.6 Å². The van der Waals surface area contributed by atoms with E-state index in [-0.39, 0.29) is 12.5 Å². The first-order chi connectivity index (χ1) is 9.04. The van der Waals surface area contributed by atoms with Gasteiger partial charge in [-0.2, -0.15) is 0 Å². The van der Waals surface area contributed by atoms with E-state index in [1.54, 1.807) is 0 Å². The summed E-state index contributed by atoms with van der Waals surface area (Å²) in [5.41, 5.74) is 11.9. The molecule has 0 spiro atoms. The fourth-order valence-electron chi connectivity index (χ4n) is 1.87. The zero-order valence-electron chi connectivity index (χ0n) is 11.2. The van der Waals surface area contributed by atoms with Gasteiger partial charge in [-0.15, -0.1) is 0 Å². The number of carbonyl (C=O) groups is 2. The third-order valence-electron chi connectivity index (χ3n) is 2.79. The Hall–Kier alpha value is -1.88. The van der Waals surface area contributed by atoms with E-state index in [2.05, 4.69) is 0 Å². The summed E-state index contributed by atoms with van der Waals surface area (Å²) in [6.45, 7) is 2.20. The molecule has 1 atom stereocenters. The molecule has 0 aromatic heterocycles. The fourth-order valence-corrected chi connectivity index (χ4v) is 1.87. The zero-order valence-corrected chi connectivity index (χ0v) is 11.2. The van der Waals surface area contributed by atoms with Crippen molar-refractivity contribution in [3.8, 4) is 0 Å². The highest BCUT2D eigenvalue weighted by molar-refractivity contribution is 5.86. The van der Waals surface area contributed by atoms with Gasteiger partial charge in [0.25, 0.3) is 0 Å². The maximum atomic E-state index is 12.2. The number of nitrogens with zero attached hydrogens (tertiary/aromatic N) is 1. The van der Waals surface area contributed by atoms with Gasteiger partial charge in [0.15, 0.2) is 0 Å². The number of hydrogen-bond acceptors (Lipinski definition) is 3. The van der Waals surface area contributed by atoms with E-state index in [1.165, 1.54) is 4.90 Å². The normalized spacial score (nSPS) is 11.9. The first-order valence-corrected chi connectivity index (χ1v) is 6.41. The van der Waals surface area contributed by atoms with Crippen LogP contribution in [0.5, 0.6) is 0 Å². The Morgan fingerprint density at radius 1 is 1.26 bits per heavy atom. The minimum Gasteiger partial charge on any atom is -0.368 e. The Morgan fingerprint density at radius 3 is 2.42 bits per heavy atom. The molecule has 0 aliphatic heterocycles. The number of nitrogens with two attached hydrogens (primary N) is 2. The maximum Gasteiger partial charge on any atom is 0.240 e. The first kappa shape index (κ1) is 15.2. The molecule has 4 N–H and O–H groups in total. The lowest BCUT2D eigenvalue weighted by atomic mass is 10.1. The standard InChI is InChI=1S/C14H21N3O2/c1-2-6-12(15)14(19)17(10-13(16)18)9-11-7-4-3-5-8-11/h3-5,7-8,12H,2,6,9-10,15H2,1H3,(H2,16,18). The molecule has 1 rings (SSSR count). The van der Waals surface area contributed by atoms with Crippen LogP contribution < -0.4 is 11.5 Å². The van der Waals surface area contributed by atoms with Gasteiger partial charge in [0.1, 0.15) is 0 Å². The molecule has 2 amide bonds. The van der Waals surface area contributed by atoms with E-state index in [4.69, 9.17) is 11.5 Å². The molecule has 0 radical (unpaired) electrons. The molecular weight excluding hydrogens is 242 g/mol. The predicted molar refractivity (Wildman–Crippen MR) is 73.9 cm³/mol. The lowest BCUT2D eigenvalue weighted by molar-refractivity contribution is -0.137. The summed E-state index contributed by atoms with van der Waals surface area (Å²) in [4.78, 5) is 24.7. The van der Waals surface area contributed by atoms with Crippen LogP contribution in [0.4, 0.5) is 0 Å². The molecule has 0 saturated heterocycles. The highest BCUT2D eigenvalue weighted by Gasteiger charge is 2.21. The maximum absolute atomic E-state index is 12.2. The van der Waals surface area contributed by atoms with Gasteiger partial charge >= 0.3 is 0 Å². The fraction of sp³-hybridized carbons (Fsp3) is 0.429. The van der Waals surface area contributed by atoms with Crippen molar-refractivity contribution in [3.05, 3.63) is 35.9 Å². The molecular formula is C14H21N3O2. The lowest BCUT2D eigenvalue weighted by Gasteiger charge is -2.24. The molecule has 0 saturated carbocycles. The van der Waals surface area contributed by atoms with Crippen LogP contribution >= 0.6 is 0 Å². The number of benzene rings is 1. The quantitative estimate of drug-likeness (QED) is 0.756. The van der Waals surface area contributed by atoms with Crippen molar-refractivity contribution in [2.24, 2.45) is 11.5 Å². The number of hydrogen-bond donors (Lipinski definition) is 2. The summed E-state index contributed by atoms with van der Waals surface area (Å²) in [6.07, 6.45) is 1.42.